The molecule has 0 aromatic heterocycles. The number of likely N-dealkylation sites (tertiary alicyclic amines) is 1. The molecule has 6 heteroatoms. The first-order chi connectivity index (χ1) is 13.0. The first-order valence-corrected chi connectivity index (χ1v) is 11.1. The molecule has 3 rings (SSSR count). The van der Waals surface area contributed by atoms with Gasteiger partial charge in [0.1, 0.15) is 0 Å². The molecule has 0 spiro atoms. The molecule has 1 fully saturated rings. The molecule has 0 saturated carbocycles. The Bertz CT molecular complexity index is 799. The average molecular weight is 388 g/mol. The smallest absolute Gasteiger partial charge is 0.238 e. The molecular weight excluding hydrogens is 358 g/mol. The second-order valence-electron chi connectivity index (χ2n) is 7.35. The summed E-state index contributed by atoms with van der Waals surface area (Å²) in [5, 5.41) is 8.67. The zero-order chi connectivity index (χ0) is 19.1. The van der Waals surface area contributed by atoms with Crippen molar-refractivity contribution in [2.75, 3.05) is 26.2 Å². The summed E-state index contributed by atoms with van der Waals surface area (Å²) in [6.07, 6.45) is 3.36. The summed E-state index contributed by atoms with van der Waals surface area (Å²) in [6.45, 7) is 5.33. The van der Waals surface area contributed by atoms with Crippen LogP contribution in [0.15, 0.2) is 59.5 Å². The second kappa shape index (κ2) is 9.46. The van der Waals surface area contributed by atoms with E-state index in [1.54, 1.807) is 12.1 Å². The molecule has 146 valence electrons. The summed E-state index contributed by atoms with van der Waals surface area (Å²) in [5.74, 6) is 0.738. The summed E-state index contributed by atoms with van der Waals surface area (Å²) in [6, 6.07) is 17.5. The van der Waals surface area contributed by atoms with Crippen LogP contribution in [0.5, 0.6) is 0 Å². The molecule has 5 nitrogen and oxygen atoms in total. The van der Waals surface area contributed by atoms with E-state index in [2.05, 4.69) is 40.5 Å². The van der Waals surface area contributed by atoms with E-state index in [0.29, 0.717) is 0 Å². The van der Waals surface area contributed by atoms with Crippen LogP contribution in [-0.4, -0.2) is 39.5 Å². The second-order valence-corrected chi connectivity index (χ2v) is 8.91. The van der Waals surface area contributed by atoms with Crippen LogP contribution in [0.1, 0.15) is 24.0 Å². The fraction of sp³-hybridized carbons (Fsp3) is 0.429. The van der Waals surface area contributed by atoms with Crippen molar-refractivity contribution in [1.82, 2.24) is 10.2 Å². The molecule has 2 aromatic carbocycles. The fourth-order valence-electron chi connectivity index (χ4n) is 3.58. The largest absolute Gasteiger partial charge is 0.316 e. The van der Waals surface area contributed by atoms with E-state index in [1.165, 1.54) is 18.4 Å². The zero-order valence-corrected chi connectivity index (χ0v) is 16.5. The van der Waals surface area contributed by atoms with Crippen LogP contribution in [0.4, 0.5) is 0 Å². The Kier molecular flexibility index (Phi) is 7.01. The number of benzene rings is 2. The van der Waals surface area contributed by atoms with Gasteiger partial charge in [-0.05, 0) is 74.6 Å². The summed E-state index contributed by atoms with van der Waals surface area (Å²) in [5.41, 5.74) is 2.51. The zero-order valence-electron chi connectivity index (χ0n) is 15.7. The van der Waals surface area contributed by atoms with E-state index in [-0.39, 0.29) is 4.90 Å². The number of nitrogens with one attached hydrogen (secondary N) is 1. The predicted molar refractivity (Wildman–Crippen MR) is 109 cm³/mol. The molecule has 0 aliphatic carbocycles. The van der Waals surface area contributed by atoms with E-state index in [1.807, 2.05) is 12.1 Å². The van der Waals surface area contributed by atoms with Crippen LogP contribution in [0.25, 0.3) is 0 Å². The normalized spacial score (nSPS) is 16.5. The number of rotatable bonds is 8. The van der Waals surface area contributed by atoms with Gasteiger partial charge in [-0.2, -0.15) is 0 Å². The third kappa shape index (κ3) is 6.43. The maximum absolute atomic E-state index is 11.3. The number of hydrogen-bond donors (Lipinski definition) is 2. The van der Waals surface area contributed by atoms with Crippen LogP contribution in [0.3, 0.4) is 0 Å². The molecule has 27 heavy (non-hydrogen) atoms. The minimum Gasteiger partial charge on any atom is -0.316 e. The minimum absolute atomic E-state index is 0.168. The molecule has 0 atom stereocenters. The van der Waals surface area contributed by atoms with Crippen molar-refractivity contribution in [2.24, 2.45) is 11.1 Å². The van der Waals surface area contributed by atoms with Gasteiger partial charge < -0.3 is 5.32 Å². The van der Waals surface area contributed by atoms with Crippen molar-refractivity contribution < 1.29 is 8.42 Å². The third-order valence-electron chi connectivity index (χ3n) is 5.23. The van der Waals surface area contributed by atoms with Crippen LogP contribution >= 0.6 is 0 Å². The van der Waals surface area contributed by atoms with Gasteiger partial charge in [0.2, 0.25) is 10.0 Å². The molecule has 2 aromatic rings. The topological polar surface area (TPSA) is 75.4 Å². The van der Waals surface area contributed by atoms with Gasteiger partial charge in [0, 0.05) is 6.54 Å². The van der Waals surface area contributed by atoms with Crippen LogP contribution < -0.4 is 10.5 Å². The van der Waals surface area contributed by atoms with E-state index < -0.39 is 10.0 Å². The Hall–Kier alpha value is -1.73. The molecular formula is C21H29N3O2S. The van der Waals surface area contributed by atoms with Crippen molar-refractivity contribution in [3.8, 4) is 0 Å². The quantitative estimate of drug-likeness (QED) is 0.682. The Morgan fingerprint density at radius 2 is 1.63 bits per heavy atom. The molecule has 0 bridgehead atoms. The Labute approximate surface area is 162 Å². The Morgan fingerprint density at radius 3 is 2.26 bits per heavy atom. The first kappa shape index (κ1) is 20.0. The summed E-state index contributed by atoms with van der Waals surface area (Å²) in [4.78, 5) is 2.71. The summed E-state index contributed by atoms with van der Waals surface area (Å²) in [7, 11) is -3.60. The van der Waals surface area contributed by atoms with Gasteiger partial charge in [-0.1, -0.05) is 42.5 Å². The maximum Gasteiger partial charge on any atom is 0.238 e. The lowest BCUT2D eigenvalue weighted by atomic mass is 9.96. The number of piperidine rings is 1. The minimum atomic E-state index is -3.60. The average Bonchev–Trinajstić information content (AvgIpc) is 2.67. The molecule has 0 unspecified atom stereocenters. The van der Waals surface area contributed by atoms with Gasteiger partial charge in [0.25, 0.3) is 0 Å². The lowest BCUT2D eigenvalue weighted by Gasteiger charge is -2.32. The van der Waals surface area contributed by atoms with Gasteiger partial charge in [-0.25, -0.2) is 13.6 Å². The van der Waals surface area contributed by atoms with E-state index in [0.717, 1.165) is 50.6 Å². The fourth-order valence-corrected chi connectivity index (χ4v) is 4.09. The highest BCUT2D eigenvalue weighted by atomic mass is 32.2. The monoisotopic (exact) mass is 387 g/mol. The third-order valence-corrected chi connectivity index (χ3v) is 6.16. The van der Waals surface area contributed by atoms with Crippen molar-refractivity contribution in [3.05, 3.63) is 65.7 Å². The molecule has 0 amide bonds. The lowest BCUT2D eigenvalue weighted by molar-refractivity contribution is 0.175. The Morgan fingerprint density at radius 1 is 0.963 bits per heavy atom. The molecule has 1 aliphatic heterocycles. The SMILES string of the molecule is NS(=O)(=O)c1ccc(CCNCC2CCN(Cc3ccccc3)CC2)cc1. The van der Waals surface area contributed by atoms with Gasteiger partial charge >= 0.3 is 0 Å². The molecule has 1 aliphatic rings. The van der Waals surface area contributed by atoms with Gasteiger partial charge in [-0.3, -0.25) is 4.90 Å². The van der Waals surface area contributed by atoms with Crippen molar-refractivity contribution >= 4 is 10.0 Å². The highest BCUT2D eigenvalue weighted by Gasteiger charge is 2.18. The number of hydrogen-bond acceptors (Lipinski definition) is 4. The molecule has 0 radical (unpaired) electrons. The van der Waals surface area contributed by atoms with E-state index in [9.17, 15) is 8.42 Å². The highest BCUT2D eigenvalue weighted by Crippen LogP contribution is 2.18. The van der Waals surface area contributed by atoms with Crippen molar-refractivity contribution in [2.45, 2.75) is 30.7 Å². The maximum atomic E-state index is 11.3. The van der Waals surface area contributed by atoms with Gasteiger partial charge in [-0.15, -0.1) is 0 Å². The number of nitrogens with zero attached hydrogens (tertiary/aromatic N) is 1. The number of primary sulfonamides is 1. The van der Waals surface area contributed by atoms with E-state index in [4.69, 9.17) is 5.14 Å². The van der Waals surface area contributed by atoms with Crippen LogP contribution in [0, 0.1) is 5.92 Å². The summed E-state index contributed by atoms with van der Waals surface area (Å²) >= 11 is 0. The standard InChI is InChI=1S/C21H29N3O2S/c22-27(25,26)21-8-6-18(7-9-21)10-13-23-16-19-11-14-24(15-12-19)17-20-4-2-1-3-5-20/h1-9,19,23H,10-17H2,(H2,22,25,26). The Balaban J connectivity index is 1.32. The highest BCUT2D eigenvalue weighted by molar-refractivity contribution is 7.89. The molecule has 1 heterocycles. The predicted octanol–water partition coefficient (Wildman–Crippen LogP) is 2.38. The summed E-state index contributed by atoms with van der Waals surface area (Å²) < 4.78 is 22.5. The number of nitrogens with two attached hydrogens (primary N) is 1. The lowest BCUT2D eigenvalue weighted by Crippen LogP contribution is -2.37. The van der Waals surface area contributed by atoms with Gasteiger partial charge in [0.05, 0.1) is 4.90 Å². The van der Waals surface area contributed by atoms with Gasteiger partial charge in [0.15, 0.2) is 0 Å². The van der Waals surface area contributed by atoms with Crippen molar-refractivity contribution in [1.29, 1.82) is 0 Å². The first-order valence-electron chi connectivity index (χ1n) is 9.59. The number of sulfonamides is 1. The van der Waals surface area contributed by atoms with Crippen LogP contribution in [0.2, 0.25) is 0 Å². The molecule has 3 N–H and O–H groups in total. The van der Waals surface area contributed by atoms with E-state index >= 15 is 0 Å². The van der Waals surface area contributed by atoms with Crippen molar-refractivity contribution in [3.63, 3.8) is 0 Å². The van der Waals surface area contributed by atoms with Crippen LogP contribution in [-0.2, 0) is 23.0 Å². The molecule has 1 saturated heterocycles.